The summed E-state index contributed by atoms with van der Waals surface area (Å²) in [7, 11) is 0. The van der Waals surface area contributed by atoms with Crippen LogP contribution in [0.25, 0.3) is 0 Å². The molecule has 0 spiro atoms. The molecule has 0 rings (SSSR count). The first-order valence-electron chi connectivity index (χ1n) is 22.0. The van der Waals surface area contributed by atoms with Crippen LogP contribution < -0.4 is 65.9 Å². The second-order valence-corrected chi connectivity index (χ2v) is 16.4. The lowest BCUT2D eigenvalue weighted by atomic mass is 10.0. The Labute approximate surface area is 394 Å². The first-order valence-corrected chi connectivity index (χ1v) is 23.4. The maximum atomic E-state index is 14.0. The summed E-state index contributed by atoms with van der Waals surface area (Å²) < 4.78 is 0. The maximum Gasteiger partial charge on any atom is 0.303 e. The van der Waals surface area contributed by atoms with E-state index in [1.54, 1.807) is 6.26 Å². The molecule has 8 amide bonds. The topological polar surface area (TPSA) is 450 Å². The van der Waals surface area contributed by atoms with Crippen molar-refractivity contribution < 1.29 is 58.2 Å². The Bertz CT molecular complexity index is 1710. The van der Waals surface area contributed by atoms with E-state index >= 15 is 0 Å². The van der Waals surface area contributed by atoms with Gasteiger partial charge in [-0.2, -0.15) is 11.8 Å². The number of primary amides is 1. The molecule has 0 saturated carbocycles. The summed E-state index contributed by atoms with van der Waals surface area (Å²) in [5, 5.41) is 36.2. The molecule has 0 fully saturated rings. The molecule has 0 aliphatic heterocycles. The number of hydrogen-bond acceptors (Lipinski definition) is 13. The number of nitrogens with zero attached hydrogens (tertiary/aromatic N) is 2. The molecule has 0 bridgehead atoms. The Kier molecular flexibility index (Phi) is 31.5. The largest absolute Gasteiger partial charge is 0.481 e. The van der Waals surface area contributed by atoms with E-state index in [0.29, 0.717) is 19.4 Å². The molecule has 27 heteroatoms. The normalized spacial score (nSPS) is 13.4. The Balaban J connectivity index is 6.68. The van der Waals surface area contributed by atoms with Gasteiger partial charge in [0, 0.05) is 45.8 Å². The third kappa shape index (κ3) is 29.7. The lowest BCUT2D eigenvalue weighted by Gasteiger charge is -2.27. The second-order valence-electron chi connectivity index (χ2n) is 15.5. The lowest BCUT2D eigenvalue weighted by Crippen LogP contribution is -2.60. The van der Waals surface area contributed by atoms with E-state index in [0.717, 1.165) is 26.2 Å². The summed E-state index contributed by atoms with van der Waals surface area (Å²) in [5.41, 5.74) is 27.2. The SMILES string of the molecule is CCCCCCNC(=O)[C@H](CCCN=C(N)N)NC(=O)[C@H](CCCN=C(N)N)NC(=O)[C@H](CCC(N)=O)NC(=O)[C@H](CCSC)NC(=O)[C@H](CCC(=O)O)NC(=O)[C@H](CCC(=O)O)NC(C)=O. The van der Waals surface area contributed by atoms with Gasteiger partial charge in [0.25, 0.3) is 0 Å². The molecular formula is C40H72N14O12S. The van der Waals surface area contributed by atoms with Crippen LogP contribution in [0, 0.1) is 0 Å². The van der Waals surface area contributed by atoms with Gasteiger partial charge in [-0.1, -0.05) is 26.2 Å². The summed E-state index contributed by atoms with van der Waals surface area (Å²) in [6, 6.07) is -8.41. The van der Waals surface area contributed by atoms with Crippen LogP contribution in [-0.4, -0.2) is 149 Å². The molecule has 380 valence electrons. The number of unbranched alkanes of at least 4 members (excludes halogenated alkanes) is 3. The van der Waals surface area contributed by atoms with Crippen LogP contribution in [0.1, 0.15) is 110 Å². The monoisotopic (exact) mass is 973 g/mol. The van der Waals surface area contributed by atoms with E-state index < -0.39 is 121 Å². The number of amides is 8. The predicted molar refractivity (Wildman–Crippen MR) is 249 cm³/mol. The Morgan fingerprint density at radius 1 is 0.493 bits per heavy atom. The number of carbonyl (C=O) groups is 10. The minimum atomic E-state index is -1.60. The van der Waals surface area contributed by atoms with Gasteiger partial charge in [-0.05, 0) is 69.8 Å². The summed E-state index contributed by atoms with van der Waals surface area (Å²) in [4.78, 5) is 136. The van der Waals surface area contributed by atoms with Crippen LogP contribution in [0.2, 0.25) is 0 Å². The van der Waals surface area contributed by atoms with Gasteiger partial charge in [-0.3, -0.25) is 57.9 Å². The van der Waals surface area contributed by atoms with Gasteiger partial charge < -0.3 is 76.1 Å². The lowest BCUT2D eigenvalue weighted by molar-refractivity contribution is -0.140. The van der Waals surface area contributed by atoms with Crippen LogP contribution in [0.15, 0.2) is 9.98 Å². The van der Waals surface area contributed by atoms with Crippen LogP contribution in [0.3, 0.4) is 0 Å². The second kappa shape index (κ2) is 34.9. The van der Waals surface area contributed by atoms with Crippen LogP contribution in [-0.2, 0) is 47.9 Å². The maximum absolute atomic E-state index is 14.0. The minimum Gasteiger partial charge on any atom is -0.481 e. The van der Waals surface area contributed by atoms with Gasteiger partial charge in [0.1, 0.15) is 36.3 Å². The van der Waals surface area contributed by atoms with Crippen molar-refractivity contribution in [3.05, 3.63) is 0 Å². The van der Waals surface area contributed by atoms with Gasteiger partial charge in [-0.15, -0.1) is 0 Å². The highest BCUT2D eigenvalue weighted by atomic mass is 32.2. The number of carboxylic acid groups (broad SMARTS) is 2. The quantitative estimate of drug-likeness (QED) is 0.0163. The van der Waals surface area contributed by atoms with Crippen molar-refractivity contribution in [2.75, 3.05) is 31.6 Å². The molecule has 0 aromatic heterocycles. The molecule has 0 aliphatic rings. The van der Waals surface area contributed by atoms with Gasteiger partial charge >= 0.3 is 11.9 Å². The number of nitrogens with one attached hydrogen (secondary N) is 7. The Morgan fingerprint density at radius 3 is 1.22 bits per heavy atom. The number of aliphatic carboxylic acids is 2. The number of rotatable bonds is 37. The van der Waals surface area contributed by atoms with E-state index in [9.17, 15) is 53.1 Å². The fourth-order valence-corrected chi connectivity index (χ4v) is 6.64. The molecule has 19 N–H and O–H groups in total. The minimum absolute atomic E-state index is 0.0466. The van der Waals surface area contributed by atoms with Crippen LogP contribution in [0.5, 0.6) is 0 Å². The van der Waals surface area contributed by atoms with E-state index in [2.05, 4.69) is 47.2 Å². The first kappa shape index (κ1) is 60.6. The molecule has 0 saturated heterocycles. The van der Waals surface area contributed by atoms with Crippen molar-refractivity contribution in [1.82, 2.24) is 37.2 Å². The first-order chi connectivity index (χ1) is 31.6. The van der Waals surface area contributed by atoms with E-state index in [4.69, 9.17) is 33.8 Å². The van der Waals surface area contributed by atoms with Crippen molar-refractivity contribution in [2.45, 2.75) is 146 Å². The molecule has 67 heavy (non-hydrogen) atoms. The fourth-order valence-electron chi connectivity index (χ4n) is 6.17. The summed E-state index contributed by atoms with van der Waals surface area (Å²) >= 11 is 1.29. The van der Waals surface area contributed by atoms with Crippen molar-refractivity contribution in [3.8, 4) is 0 Å². The third-order valence-electron chi connectivity index (χ3n) is 9.66. The van der Waals surface area contributed by atoms with Gasteiger partial charge in [0.05, 0.1) is 0 Å². The molecule has 0 unspecified atom stereocenters. The number of aliphatic imine (C=N–C) groups is 2. The Morgan fingerprint density at radius 2 is 0.866 bits per heavy atom. The van der Waals surface area contributed by atoms with Gasteiger partial charge in [0.15, 0.2) is 11.9 Å². The van der Waals surface area contributed by atoms with Crippen LogP contribution >= 0.6 is 11.8 Å². The smallest absolute Gasteiger partial charge is 0.303 e. The summed E-state index contributed by atoms with van der Waals surface area (Å²) in [6.45, 7) is 3.68. The number of hydrogen-bond donors (Lipinski definition) is 14. The molecule has 6 atom stereocenters. The highest BCUT2D eigenvalue weighted by Crippen LogP contribution is 2.10. The molecule has 26 nitrogen and oxygen atoms in total. The van der Waals surface area contributed by atoms with Crippen molar-refractivity contribution >= 4 is 82.9 Å². The zero-order valence-corrected chi connectivity index (χ0v) is 39.4. The Hall–Kier alpha value is -6.41. The van der Waals surface area contributed by atoms with Crippen molar-refractivity contribution in [2.24, 2.45) is 38.7 Å². The van der Waals surface area contributed by atoms with E-state index in [1.165, 1.54) is 11.8 Å². The van der Waals surface area contributed by atoms with Crippen molar-refractivity contribution in [3.63, 3.8) is 0 Å². The number of nitrogens with two attached hydrogens (primary N) is 5. The third-order valence-corrected chi connectivity index (χ3v) is 10.3. The van der Waals surface area contributed by atoms with Gasteiger partial charge in [0.2, 0.25) is 47.3 Å². The average Bonchev–Trinajstić information content (AvgIpc) is 3.24. The molecule has 0 aromatic rings. The fraction of sp³-hybridized carbons (Fsp3) is 0.700. The summed E-state index contributed by atoms with van der Waals surface area (Å²) in [6.07, 6.45) is 2.88. The number of carboxylic acids is 2. The number of thioether (sulfide) groups is 1. The highest BCUT2D eigenvalue weighted by Gasteiger charge is 2.34. The zero-order valence-electron chi connectivity index (χ0n) is 38.6. The molecule has 0 aliphatic carbocycles. The van der Waals surface area contributed by atoms with Crippen molar-refractivity contribution in [1.29, 1.82) is 0 Å². The van der Waals surface area contributed by atoms with Gasteiger partial charge in [-0.25, -0.2) is 0 Å². The van der Waals surface area contributed by atoms with Crippen LogP contribution in [0.4, 0.5) is 0 Å². The van der Waals surface area contributed by atoms with E-state index in [1.807, 2.05) is 6.92 Å². The number of carbonyl (C=O) groups excluding carboxylic acids is 8. The highest BCUT2D eigenvalue weighted by molar-refractivity contribution is 7.98. The zero-order chi connectivity index (χ0) is 50.9. The molecular weight excluding hydrogens is 901 g/mol. The predicted octanol–water partition coefficient (Wildman–Crippen LogP) is -3.53. The summed E-state index contributed by atoms with van der Waals surface area (Å²) in [5.74, 6) is -9.43. The standard InChI is InChI=1S/C40H72N14O12S/c1-4-5-6-7-19-46-33(61)24(10-8-20-47-39(42)43)50-34(62)25(11-9-21-48-40(44)45)51-36(64)27(12-15-30(41)56)52-38(66)29(18-22-67-3)54-37(65)28(14-17-32(59)60)53-35(63)26(49-23(2)55)13-16-31(57)58/h24-29H,4-22H2,1-3H3,(H2,41,56)(H,46,61)(H,49,55)(H,50,62)(H,51,64)(H,52,66)(H,53,63)(H,54,65)(H,57,58)(H,59,60)(H4,42,43,47)(H4,44,45,48)/t24-,25-,26-,27-,28-,29-/m0/s1. The molecule has 0 radical (unpaired) electrons. The molecule has 0 aromatic carbocycles. The molecule has 0 heterocycles. The van der Waals surface area contributed by atoms with E-state index in [-0.39, 0.29) is 69.3 Å². The number of guanidine groups is 2. The average molecular weight is 973 g/mol.